The van der Waals surface area contributed by atoms with Crippen LogP contribution in [-0.2, 0) is 16.1 Å². The molecule has 7 heteroatoms. The fourth-order valence-corrected chi connectivity index (χ4v) is 7.15. The summed E-state index contributed by atoms with van der Waals surface area (Å²) >= 11 is 9.87. The topological polar surface area (TPSA) is 57.7 Å². The van der Waals surface area contributed by atoms with Crippen LogP contribution in [0.25, 0.3) is 0 Å². The van der Waals surface area contributed by atoms with Crippen LogP contribution in [0.4, 0.5) is 0 Å². The third-order valence-electron chi connectivity index (χ3n) is 8.25. The van der Waals surface area contributed by atoms with Crippen molar-refractivity contribution < 1.29 is 14.4 Å². The van der Waals surface area contributed by atoms with Gasteiger partial charge in [-0.1, -0.05) is 100 Å². The molecule has 0 saturated carbocycles. The minimum absolute atomic E-state index is 0.0451. The highest BCUT2D eigenvalue weighted by molar-refractivity contribution is 9.10. The van der Waals surface area contributed by atoms with E-state index in [1.165, 1.54) is 5.01 Å². The number of imide groups is 1. The molecule has 3 aliphatic carbocycles. The second kappa shape index (κ2) is 9.18. The van der Waals surface area contributed by atoms with Crippen molar-refractivity contribution >= 4 is 45.3 Å². The molecule has 4 aliphatic rings. The molecule has 5 nitrogen and oxygen atoms in total. The number of nitrogens with zero attached hydrogens (tertiary/aromatic N) is 2. The summed E-state index contributed by atoms with van der Waals surface area (Å²) in [6, 6.07) is 30.4. The van der Waals surface area contributed by atoms with E-state index in [2.05, 4.69) is 40.2 Å². The fraction of sp³-hybridized carbons (Fsp3) is 0.156. The molecule has 1 aliphatic heterocycles. The van der Waals surface area contributed by atoms with Crippen molar-refractivity contribution in [2.75, 3.05) is 0 Å². The Morgan fingerprint density at radius 1 is 0.718 bits per heavy atom. The molecule has 2 atom stereocenters. The molecule has 192 valence electrons. The predicted octanol–water partition coefficient (Wildman–Crippen LogP) is 6.55. The van der Waals surface area contributed by atoms with Crippen molar-refractivity contribution in [3.8, 4) is 0 Å². The average molecular weight is 598 g/mol. The lowest BCUT2D eigenvalue weighted by atomic mass is 9.55. The van der Waals surface area contributed by atoms with E-state index in [0.29, 0.717) is 0 Å². The molecule has 8 rings (SSSR count). The molecule has 3 amide bonds. The van der Waals surface area contributed by atoms with Gasteiger partial charge in [-0.3, -0.25) is 14.4 Å². The highest BCUT2D eigenvalue weighted by Gasteiger charge is 2.63. The summed E-state index contributed by atoms with van der Waals surface area (Å²) in [7, 11) is 0. The highest BCUT2D eigenvalue weighted by atomic mass is 79.9. The molecule has 4 aromatic carbocycles. The molecule has 0 unspecified atom stereocenters. The van der Waals surface area contributed by atoms with Crippen LogP contribution in [0, 0.1) is 11.8 Å². The number of hydrazine groups is 1. The number of carbonyl (C=O) groups excluding carboxylic acids is 3. The first-order chi connectivity index (χ1) is 19.0. The summed E-state index contributed by atoms with van der Waals surface area (Å²) in [4.78, 5) is 42.7. The van der Waals surface area contributed by atoms with Gasteiger partial charge in [0.05, 0.1) is 29.0 Å². The van der Waals surface area contributed by atoms with Gasteiger partial charge in [-0.25, -0.2) is 5.01 Å². The molecule has 0 N–H and O–H groups in total. The van der Waals surface area contributed by atoms with Crippen molar-refractivity contribution in [1.82, 2.24) is 10.0 Å². The van der Waals surface area contributed by atoms with Gasteiger partial charge in [0.2, 0.25) is 0 Å². The van der Waals surface area contributed by atoms with Gasteiger partial charge in [-0.2, -0.15) is 5.01 Å². The maximum atomic E-state index is 14.3. The Hall–Kier alpha value is -3.74. The second-order valence-electron chi connectivity index (χ2n) is 10.2. The summed E-state index contributed by atoms with van der Waals surface area (Å²) in [6.45, 7) is 0.0451. The molecule has 0 radical (unpaired) electrons. The van der Waals surface area contributed by atoms with E-state index in [-0.39, 0.29) is 40.8 Å². The van der Waals surface area contributed by atoms with Crippen molar-refractivity contribution in [2.24, 2.45) is 11.8 Å². The quantitative estimate of drug-likeness (QED) is 0.251. The van der Waals surface area contributed by atoms with Crippen molar-refractivity contribution in [3.05, 3.63) is 140 Å². The van der Waals surface area contributed by atoms with Crippen LogP contribution in [-0.4, -0.2) is 27.7 Å². The highest BCUT2D eigenvalue weighted by Crippen LogP contribution is 2.61. The maximum Gasteiger partial charge on any atom is 0.274 e. The first-order valence-corrected chi connectivity index (χ1v) is 14.0. The summed E-state index contributed by atoms with van der Waals surface area (Å²) in [5, 5.41) is 2.66. The fourth-order valence-electron chi connectivity index (χ4n) is 6.67. The van der Waals surface area contributed by atoms with Crippen LogP contribution in [0.15, 0.2) is 102 Å². The Morgan fingerprint density at radius 2 is 1.18 bits per heavy atom. The lowest BCUT2D eigenvalue weighted by Gasteiger charge is -2.45. The smallest absolute Gasteiger partial charge is 0.272 e. The van der Waals surface area contributed by atoms with E-state index >= 15 is 0 Å². The lowest BCUT2D eigenvalue weighted by Crippen LogP contribution is -2.50. The number of halogens is 2. The summed E-state index contributed by atoms with van der Waals surface area (Å²) in [5.41, 5.74) is 5.36. The SMILES string of the molecule is O=C(c1ccccc1Cl)N(Cc1ccc(Br)cc1)N1C(=O)[C@H]2C3c4ccccc4C(c4ccccc43)[C@@H]2C1=O. The molecule has 1 fully saturated rings. The standard InChI is InChI=1S/C32H22BrClN2O3/c33-19-15-13-18(14-16-19)17-35(30(37)24-11-5-6-12-25(24)34)36-31(38)28-26-20-7-1-2-8-21(20)27(29(28)32(36)39)23-10-4-3-9-22(23)26/h1-16,26-29H,17H2/t26?,27?,28-,29-/m0/s1. The van der Waals surface area contributed by atoms with Crippen molar-refractivity contribution in [3.63, 3.8) is 0 Å². The van der Waals surface area contributed by atoms with E-state index in [4.69, 9.17) is 11.6 Å². The third-order valence-corrected chi connectivity index (χ3v) is 9.11. The minimum atomic E-state index is -0.584. The Bertz CT molecular complexity index is 1550. The van der Waals surface area contributed by atoms with Crippen LogP contribution < -0.4 is 0 Å². The molecule has 1 heterocycles. The molecule has 2 bridgehead atoms. The number of amides is 3. The first kappa shape index (κ1) is 24.3. The number of benzene rings is 4. The zero-order valence-corrected chi connectivity index (χ0v) is 23.0. The Labute approximate surface area is 239 Å². The van der Waals surface area contributed by atoms with Gasteiger partial charge in [-0.05, 0) is 52.1 Å². The minimum Gasteiger partial charge on any atom is -0.272 e. The van der Waals surface area contributed by atoms with Gasteiger partial charge < -0.3 is 0 Å². The molecule has 4 aromatic rings. The molecule has 1 saturated heterocycles. The third kappa shape index (κ3) is 3.62. The summed E-state index contributed by atoms with van der Waals surface area (Å²) in [6.07, 6.45) is 0. The average Bonchev–Trinajstić information content (AvgIpc) is 3.22. The van der Waals surface area contributed by atoms with Gasteiger partial charge in [0.1, 0.15) is 0 Å². The van der Waals surface area contributed by atoms with Gasteiger partial charge >= 0.3 is 0 Å². The number of hydrogen-bond acceptors (Lipinski definition) is 3. The van der Waals surface area contributed by atoms with Crippen LogP contribution in [0.2, 0.25) is 5.02 Å². The Kier molecular flexibility index (Phi) is 5.72. The monoisotopic (exact) mass is 596 g/mol. The molecular weight excluding hydrogens is 576 g/mol. The van der Waals surface area contributed by atoms with Crippen molar-refractivity contribution in [1.29, 1.82) is 0 Å². The first-order valence-electron chi connectivity index (χ1n) is 12.8. The summed E-state index contributed by atoms with van der Waals surface area (Å²) < 4.78 is 0.890. The van der Waals surface area contributed by atoms with Gasteiger partial charge in [-0.15, -0.1) is 0 Å². The predicted molar refractivity (Wildman–Crippen MR) is 151 cm³/mol. The summed E-state index contributed by atoms with van der Waals surface area (Å²) in [5.74, 6) is -2.86. The van der Waals surface area contributed by atoms with E-state index in [1.807, 2.05) is 48.5 Å². The van der Waals surface area contributed by atoms with Gasteiger partial charge in [0, 0.05) is 16.3 Å². The van der Waals surface area contributed by atoms with E-state index in [0.717, 1.165) is 37.3 Å². The zero-order chi connectivity index (χ0) is 26.8. The van der Waals surface area contributed by atoms with Crippen LogP contribution in [0.1, 0.15) is 50.0 Å². The second-order valence-corrected chi connectivity index (χ2v) is 11.5. The molecule has 0 aromatic heterocycles. The molecule has 0 spiro atoms. The molecule has 39 heavy (non-hydrogen) atoms. The van der Waals surface area contributed by atoms with Gasteiger partial charge in [0.15, 0.2) is 0 Å². The number of rotatable bonds is 4. The largest absolute Gasteiger partial charge is 0.274 e. The zero-order valence-electron chi connectivity index (χ0n) is 20.6. The van der Waals surface area contributed by atoms with E-state index in [1.54, 1.807) is 24.3 Å². The van der Waals surface area contributed by atoms with E-state index in [9.17, 15) is 14.4 Å². The Morgan fingerprint density at radius 3 is 1.67 bits per heavy atom. The van der Waals surface area contributed by atoms with Crippen LogP contribution >= 0.6 is 27.5 Å². The molecular formula is C32H22BrClN2O3. The number of carbonyl (C=O) groups is 3. The van der Waals surface area contributed by atoms with Crippen LogP contribution in [0.3, 0.4) is 0 Å². The lowest BCUT2D eigenvalue weighted by molar-refractivity contribution is -0.155. The maximum absolute atomic E-state index is 14.3. The Balaban J connectivity index is 1.36. The van der Waals surface area contributed by atoms with Gasteiger partial charge in [0.25, 0.3) is 17.7 Å². The van der Waals surface area contributed by atoms with E-state index < -0.39 is 17.7 Å². The van der Waals surface area contributed by atoms with Crippen molar-refractivity contribution in [2.45, 2.75) is 18.4 Å². The van der Waals surface area contributed by atoms with Crippen LogP contribution in [0.5, 0.6) is 0 Å². The number of hydrogen-bond donors (Lipinski definition) is 0. The normalized spacial score (nSPS) is 22.4.